The molecule has 0 saturated heterocycles. The van der Waals surface area contributed by atoms with Crippen LogP contribution in [0.15, 0.2) is 24.3 Å². The SMILES string of the molecule is Cc1cc(Oc2cc(C(=O)O)ccc2I)c(C#N)c(C)n1. The minimum absolute atomic E-state index is 0.131. The van der Waals surface area contributed by atoms with Crippen LogP contribution in [-0.2, 0) is 0 Å². The lowest BCUT2D eigenvalue weighted by Crippen LogP contribution is -2.00. The van der Waals surface area contributed by atoms with Gasteiger partial charge in [0, 0.05) is 11.8 Å². The minimum atomic E-state index is -1.03. The number of ether oxygens (including phenoxy) is 1. The molecule has 0 atom stereocenters. The second-order valence-corrected chi connectivity index (χ2v) is 5.55. The van der Waals surface area contributed by atoms with Gasteiger partial charge in [-0.3, -0.25) is 4.98 Å². The lowest BCUT2D eigenvalue weighted by atomic mass is 10.1. The Labute approximate surface area is 135 Å². The number of aromatic nitrogens is 1. The van der Waals surface area contributed by atoms with Crippen LogP contribution < -0.4 is 4.74 Å². The Morgan fingerprint density at radius 2 is 2.05 bits per heavy atom. The number of rotatable bonds is 3. The van der Waals surface area contributed by atoms with Crippen molar-refractivity contribution in [1.29, 1.82) is 5.26 Å². The highest BCUT2D eigenvalue weighted by atomic mass is 127. The van der Waals surface area contributed by atoms with Gasteiger partial charge in [0.25, 0.3) is 0 Å². The van der Waals surface area contributed by atoms with E-state index >= 15 is 0 Å². The number of nitriles is 1. The Morgan fingerprint density at radius 1 is 1.33 bits per heavy atom. The molecule has 2 rings (SSSR count). The molecule has 0 amide bonds. The summed E-state index contributed by atoms with van der Waals surface area (Å²) in [4.78, 5) is 15.2. The second-order valence-electron chi connectivity index (χ2n) is 4.39. The number of aryl methyl sites for hydroxylation is 2. The maximum Gasteiger partial charge on any atom is 0.335 e. The first-order chi connectivity index (χ1) is 9.92. The number of hydrogen-bond acceptors (Lipinski definition) is 4. The number of pyridine rings is 1. The third-order valence-electron chi connectivity index (χ3n) is 2.80. The Balaban J connectivity index is 2.50. The van der Waals surface area contributed by atoms with Gasteiger partial charge in [-0.05, 0) is 54.6 Å². The highest BCUT2D eigenvalue weighted by molar-refractivity contribution is 14.1. The zero-order chi connectivity index (χ0) is 15.6. The van der Waals surface area contributed by atoms with E-state index in [9.17, 15) is 10.1 Å². The van der Waals surface area contributed by atoms with Crippen molar-refractivity contribution in [2.45, 2.75) is 13.8 Å². The standard InChI is InChI=1S/C15H11IN2O3/c1-8-5-13(11(7-17)9(2)18-8)21-14-6-10(15(19)20)3-4-12(14)16/h3-6H,1-2H3,(H,19,20). The zero-order valence-electron chi connectivity index (χ0n) is 11.3. The topological polar surface area (TPSA) is 83.2 Å². The number of aromatic carboxylic acids is 1. The molecule has 1 heterocycles. The van der Waals surface area contributed by atoms with Crippen LogP contribution >= 0.6 is 22.6 Å². The molecule has 0 aliphatic heterocycles. The Hall–Kier alpha value is -2.14. The summed E-state index contributed by atoms with van der Waals surface area (Å²) in [6.07, 6.45) is 0. The summed E-state index contributed by atoms with van der Waals surface area (Å²) in [5.41, 5.74) is 1.78. The maximum atomic E-state index is 11.0. The van der Waals surface area contributed by atoms with Crippen molar-refractivity contribution in [3.8, 4) is 17.6 Å². The van der Waals surface area contributed by atoms with E-state index in [0.717, 1.165) is 9.26 Å². The van der Waals surface area contributed by atoms with Crippen molar-refractivity contribution in [2.24, 2.45) is 0 Å². The Morgan fingerprint density at radius 3 is 2.67 bits per heavy atom. The average Bonchev–Trinajstić information content (AvgIpc) is 2.40. The van der Waals surface area contributed by atoms with Gasteiger partial charge in [-0.2, -0.15) is 5.26 Å². The fraction of sp³-hybridized carbons (Fsp3) is 0.133. The van der Waals surface area contributed by atoms with Gasteiger partial charge in [0.1, 0.15) is 23.1 Å². The number of benzene rings is 1. The van der Waals surface area contributed by atoms with Crippen LogP contribution in [0.3, 0.4) is 0 Å². The van der Waals surface area contributed by atoms with E-state index in [1.807, 2.05) is 0 Å². The van der Waals surface area contributed by atoms with Gasteiger partial charge < -0.3 is 9.84 Å². The van der Waals surface area contributed by atoms with Gasteiger partial charge in [0.15, 0.2) is 0 Å². The second kappa shape index (κ2) is 6.10. The highest BCUT2D eigenvalue weighted by Gasteiger charge is 2.13. The summed E-state index contributed by atoms with van der Waals surface area (Å²) in [5.74, 6) is -0.251. The fourth-order valence-electron chi connectivity index (χ4n) is 1.84. The van der Waals surface area contributed by atoms with Crippen molar-refractivity contribution in [3.63, 3.8) is 0 Å². The van der Waals surface area contributed by atoms with E-state index in [4.69, 9.17) is 9.84 Å². The third kappa shape index (κ3) is 3.31. The number of halogens is 1. The first kappa shape index (κ1) is 15.3. The van der Waals surface area contributed by atoms with Gasteiger partial charge in [-0.15, -0.1) is 0 Å². The number of carboxylic acids is 1. The summed E-state index contributed by atoms with van der Waals surface area (Å²) in [7, 11) is 0. The maximum absolute atomic E-state index is 11.0. The van der Waals surface area contributed by atoms with E-state index in [1.54, 1.807) is 26.0 Å². The van der Waals surface area contributed by atoms with Crippen LogP contribution in [0.2, 0.25) is 0 Å². The minimum Gasteiger partial charge on any atom is -0.478 e. The van der Waals surface area contributed by atoms with E-state index in [-0.39, 0.29) is 5.56 Å². The molecule has 0 bridgehead atoms. The third-order valence-corrected chi connectivity index (χ3v) is 3.69. The van der Waals surface area contributed by atoms with Crippen molar-refractivity contribution in [2.75, 3.05) is 0 Å². The van der Waals surface area contributed by atoms with E-state index < -0.39 is 5.97 Å². The van der Waals surface area contributed by atoms with Crippen LogP contribution in [0.25, 0.3) is 0 Å². The first-order valence-electron chi connectivity index (χ1n) is 6.01. The molecular weight excluding hydrogens is 383 g/mol. The molecule has 1 aromatic carbocycles. The molecule has 21 heavy (non-hydrogen) atoms. The normalized spacial score (nSPS) is 10.0. The van der Waals surface area contributed by atoms with E-state index in [0.29, 0.717) is 22.8 Å². The van der Waals surface area contributed by atoms with Gasteiger partial charge in [0.05, 0.1) is 14.8 Å². The Bertz CT molecular complexity index is 766. The number of carbonyl (C=O) groups is 1. The fourth-order valence-corrected chi connectivity index (χ4v) is 2.29. The molecule has 0 saturated carbocycles. The quantitative estimate of drug-likeness (QED) is 0.804. The predicted octanol–water partition coefficient (Wildman–Crippen LogP) is 3.67. The monoisotopic (exact) mass is 394 g/mol. The van der Waals surface area contributed by atoms with Crippen molar-refractivity contribution < 1.29 is 14.6 Å². The number of hydrogen-bond donors (Lipinski definition) is 1. The predicted molar refractivity (Wildman–Crippen MR) is 84.6 cm³/mol. The molecule has 0 radical (unpaired) electrons. The summed E-state index contributed by atoms with van der Waals surface area (Å²) in [5, 5.41) is 18.2. The molecule has 0 unspecified atom stereocenters. The Kier molecular flexibility index (Phi) is 4.43. The summed E-state index contributed by atoms with van der Waals surface area (Å²) in [6, 6.07) is 8.33. The summed E-state index contributed by atoms with van der Waals surface area (Å²) >= 11 is 2.05. The molecular formula is C15H11IN2O3. The van der Waals surface area contributed by atoms with E-state index in [2.05, 4.69) is 33.6 Å². The molecule has 5 nitrogen and oxygen atoms in total. The molecule has 0 aliphatic carbocycles. The molecule has 0 spiro atoms. The van der Waals surface area contributed by atoms with Crippen LogP contribution in [0.5, 0.6) is 11.5 Å². The lowest BCUT2D eigenvalue weighted by Gasteiger charge is -2.12. The number of carboxylic acid groups (broad SMARTS) is 1. The largest absolute Gasteiger partial charge is 0.478 e. The molecule has 2 aromatic rings. The molecule has 1 aromatic heterocycles. The molecule has 106 valence electrons. The average molecular weight is 394 g/mol. The van der Waals surface area contributed by atoms with Gasteiger partial charge in [-0.25, -0.2) is 4.79 Å². The van der Waals surface area contributed by atoms with Gasteiger partial charge >= 0.3 is 5.97 Å². The number of nitrogens with zero attached hydrogens (tertiary/aromatic N) is 2. The molecule has 0 fully saturated rings. The van der Waals surface area contributed by atoms with Crippen LogP contribution in [0, 0.1) is 28.7 Å². The summed E-state index contributed by atoms with van der Waals surface area (Å²) < 4.78 is 6.51. The van der Waals surface area contributed by atoms with Crippen molar-refractivity contribution in [3.05, 3.63) is 50.4 Å². The highest BCUT2D eigenvalue weighted by Crippen LogP contribution is 2.31. The zero-order valence-corrected chi connectivity index (χ0v) is 13.5. The van der Waals surface area contributed by atoms with Gasteiger partial charge in [-0.1, -0.05) is 0 Å². The molecule has 6 heteroatoms. The van der Waals surface area contributed by atoms with Crippen LogP contribution in [0.1, 0.15) is 27.3 Å². The molecule has 0 aliphatic rings. The van der Waals surface area contributed by atoms with E-state index in [1.165, 1.54) is 12.1 Å². The van der Waals surface area contributed by atoms with Crippen molar-refractivity contribution >= 4 is 28.6 Å². The first-order valence-corrected chi connectivity index (χ1v) is 7.09. The smallest absolute Gasteiger partial charge is 0.335 e. The van der Waals surface area contributed by atoms with Crippen LogP contribution in [-0.4, -0.2) is 16.1 Å². The van der Waals surface area contributed by atoms with Crippen LogP contribution in [0.4, 0.5) is 0 Å². The van der Waals surface area contributed by atoms with Gasteiger partial charge in [0.2, 0.25) is 0 Å². The lowest BCUT2D eigenvalue weighted by molar-refractivity contribution is 0.0696. The summed E-state index contributed by atoms with van der Waals surface area (Å²) in [6.45, 7) is 3.54. The van der Waals surface area contributed by atoms with Crippen molar-refractivity contribution in [1.82, 2.24) is 4.98 Å². The molecule has 1 N–H and O–H groups in total.